The fourth-order valence-electron chi connectivity index (χ4n) is 7.56. The van der Waals surface area contributed by atoms with E-state index in [-0.39, 0.29) is 30.2 Å². The predicted octanol–water partition coefficient (Wildman–Crippen LogP) is 4.18. The van der Waals surface area contributed by atoms with E-state index in [1.807, 2.05) is 40.1 Å². The SMILES string of the molecule is Clc1ccc2c(c1)CNCCO2.N#CN1[C@H]2CC[C@@H]1[C@H](N)C2.N#CN1[C@H]2CC[C@@H]1[C@H](NC(=O)N1CCOc3ccc(Cl)cc3C1)C2. The van der Waals surface area contributed by atoms with Crippen molar-refractivity contribution in [3.8, 4) is 23.9 Å². The Morgan fingerprint density at radius 1 is 0.891 bits per heavy atom. The van der Waals surface area contributed by atoms with Gasteiger partial charge in [0, 0.05) is 52.4 Å². The first-order valence-corrected chi connectivity index (χ1v) is 16.8. The molecule has 4 N–H and O–H groups in total. The van der Waals surface area contributed by atoms with E-state index in [0.717, 1.165) is 79.4 Å². The normalized spacial score (nSPS) is 28.3. The van der Waals surface area contributed by atoms with Crippen molar-refractivity contribution in [1.82, 2.24) is 25.3 Å². The van der Waals surface area contributed by atoms with Crippen LogP contribution >= 0.6 is 23.2 Å². The maximum Gasteiger partial charge on any atom is 0.318 e. The van der Waals surface area contributed by atoms with Crippen LogP contribution in [0.2, 0.25) is 10.0 Å². The fraction of sp³-hybridized carbons (Fsp3) is 0.545. The molecule has 2 aromatic carbocycles. The Morgan fingerprint density at radius 2 is 1.52 bits per heavy atom. The number of benzene rings is 2. The monoisotopic (exact) mass is 666 g/mol. The van der Waals surface area contributed by atoms with Crippen molar-refractivity contribution in [2.24, 2.45) is 5.73 Å². The van der Waals surface area contributed by atoms with Crippen LogP contribution in [-0.4, -0.2) is 83.3 Å². The second-order valence-corrected chi connectivity index (χ2v) is 13.5. The molecule has 0 aromatic heterocycles. The molecule has 0 unspecified atom stereocenters. The first-order chi connectivity index (χ1) is 22.3. The number of nitriles is 2. The molecule has 6 atom stereocenters. The number of halogens is 2. The summed E-state index contributed by atoms with van der Waals surface area (Å²) in [4.78, 5) is 18.2. The zero-order valence-corrected chi connectivity index (χ0v) is 27.2. The first kappa shape index (κ1) is 32.3. The summed E-state index contributed by atoms with van der Waals surface area (Å²) in [6.45, 7) is 3.94. The summed E-state index contributed by atoms with van der Waals surface area (Å²) in [5.74, 6) is 1.73. The minimum Gasteiger partial charge on any atom is -0.492 e. The van der Waals surface area contributed by atoms with Crippen molar-refractivity contribution in [1.29, 1.82) is 10.5 Å². The van der Waals surface area contributed by atoms with E-state index in [9.17, 15) is 10.1 Å². The molecule has 4 saturated heterocycles. The molecular weight excluding hydrogens is 627 g/mol. The lowest BCUT2D eigenvalue weighted by molar-refractivity contribution is 0.181. The third kappa shape index (κ3) is 7.03. The Balaban J connectivity index is 0.000000140. The van der Waals surface area contributed by atoms with Crippen LogP contribution in [0.3, 0.4) is 0 Å². The molecule has 11 nitrogen and oxygen atoms in total. The van der Waals surface area contributed by atoms with E-state index in [0.29, 0.717) is 36.8 Å². The average molecular weight is 668 g/mol. The Labute approximate surface area is 280 Å². The zero-order chi connectivity index (χ0) is 32.2. The number of fused-ring (bicyclic) bond motifs is 6. The Hall–Kier alpha value is -3.61. The van der Waals surface area contributed by atoms with Gasteiger partial charge in [-0.3, -0.25) is 0 Å². The smallest absolute Gasteiger partial charge is 0.318 e. The van der Waals surface area contributed by atoms with Gasteiger partial charge in [-0.2, -0.15) is 10.5 Å². The Morgan fingerprint density at radius 3 is 2.15 bits per heavy atom. The molecule has 0 radical (unpaired) electrons. The Bertz CT molecular complexity index is 1500. The van der Waals surface area contributed by atoms with E-state index >= 15 is 0 Å². The standard InChI is InChI=1S/C17H19ClN4O2.C9H10ClNO.C7H11N3/c18-12-1-4-16-11(7-12)9-21(5-6-24-16)17(23)20-14-8-13-2-3-15(14)22(13)10-19;10-8-1-2-9-7(5-8)6-11-3-4-12-9;8-4-10-5-1-2-7(10)6(9)3-5/h1,4,7,13-15H,2-3,5-6,8-9H2,(H,20,23);1-2,5,11H,3-4,6H2;5-7H,1-3,9H2/t13-,14+,15+;;5-,6+,7+/m0.0/s1. The van der Waals surface area contributed by atoms with Gasteiger partial charge in [0.15, 0.2) is 12.4 Å². The number of amides is 2. The molecule has 6 heterocycles. The highest BCUT2D eigenvalue weighted by molar-refractivity contribution is 6.31. The van der Waals surface area contributed by atoms with Crippen molar-refractivity contribution < 1.29 is 14.3 Å². The third-order valence-electron chi connectivity index (χ3n) is 9.83. The van der Waals surface area contributed by atoms with Crippen molar-refractivity contribution in [3.63, 3.8) is 0 Å². The van der Waals surface area contributed by atoms with Gasteiger partial charge in [0.1, 0.15) is 24.7 Å². The molecule has 0 aliphatic carbocycles. The molecule has 6 aliphatic rings. The molecule has 6 aliphatic heterocycles. The number of nitrogens with zero attached hydrogens (tertiary/aromatic N) is 5. The van der Waals surface area contributed by atoms with E-state index in [1.54, 1.807) is 11.0 Å². The number of hydrogen-bond acceptors (Lipinski definition) is 9. The van der Waals surface area contributed by atoms with Crippen molar-refractivity contribution in [3.05, 3.63) is 57.6 Å². The van der Waals surface area contributed by atoms with Gasteiger partial charge in [-0.1, -0.05) is 23.2 Å². The molecule has 4 fully saturated rings. The van der Waals surface area contributed by atoms with Gasteiger partial charge >= 0.3 is 6.03 Å². The van der Waals surface area contributed by atoms with Crippen molar-refractivity contribution in [2.45, 2.75) is 87.9 Å². The van der Waals surface area contributed by atoms with Crippen LogP contribution in [-0.2, 0) is 13.1 Å². The predicted molar refractivity (Wildman–Crippen MR) is 174 cm³/mol. The second kappa shape index (κ2) is 14.4. The maximum atomic E-state index is 12.7. The van der Waals surface area contributed by atoms with E-state index < -0.39 is 0 Å². The molecule has 8 rings (SSSR count). The van der Waals surface area contributed by atoms with Gasteiger partial charge in [-0.25, -0.2) is 4.79 Å². The summed E-state index contributed by atoms with van der Waals surface area (Å²) >= 11 is 11.9. The molecule has 244 valence electrons. The van der Waals surface area contributed by atoms with Crippen LogP contribution in [0.5, 0.6) is 11.5 Å². The average Bonchev–Trinajstić information content (AvgIpc) is 3.71. The van der Waals surface area contributed by atoms with Crippen LogP contribution in [0.15, 0.2) is 36.4 Å². The number of urea groups is 1. The summed E-state index contributed by atoms with van der Waals surface area (Å²) < 4.78 is 11.2. The highest BCUT2D eigenvalue weighted by Gasteiger charge is 2.47. The largest absolute Gasteiger partial charge is 0.492 e. The number of carbonyl (C=O) groups excluding carboxylic acids is 1. The molecule has 4 bridgehead atoms. The molecule has 13 heteroatoms. The topological polar surface area (TPSA) is 143 Å². The number of carbonyl (C=O) groups is 1. The van der Waals surface area contributed by atoms with Gasteiger partial charge in [-0.05, 0) is 74.9 Å². The molecule has 0 spiro atoms. The highest BCUT2D eigenvalue weighted by atomic mass is 35.5. The van der Waals surface area contributed by atoms with E-state index in [1.165, 1.54) is 6.42 Å². The van der Waals surface area contributed by atoms with Crippen LogP contribution in [0.4, 0.5) is 4.79 Å². The quantitative estimate of drug-likeness (QED) is 0.382. The van der Waals surface area contributed by atoms with Crippen LogP contribution < -0.4 is 25.8 Å². The Kier molecular flexibility index (Phi) is 10.1. The number of ether oxygens (including phenoxy) is 2. The molecule has 46 heavy (non-hydrogen) atoms. The molecule has 0 saturated carbocycles. The second-order valence-electron chi connectivity index (χ2n) is 12.6. The van der Waals surface area contributed by atoms with E-state index in [2.05, 4.69) is 23.0 Å². The summed E-state index contributed by atoms with van der Waals surface area (Å²) in [6.07, 6.45) is 10.7. The third-order valence-corrected chi connectivity index (χ3v) is 10.3. The molecule has 2 amide bonds. The minimum absolute atomic E-state index is 0.0545. The van der Waals surface area contributed by atoms with E-state index in [4.69, 9.17) is 43.7 Å². The van der Waals surface area contributed by atoms with Gasteiger partial charge in [0.25, 0.3) is 0 Å². The lowest BCUT2D eigenvalue weighted by atomic mass is 9.96. The van der Waals surface area contributed by atoms with Crippen molar-refractivity contribution >= 4 is 29.2 Å². The number of rotatable bonds is 1. The lowest BCUT2D eigenvalue weighted by Gasteiger charge is -2.26. The molecule has 2 aromatic rings. The minimum atomic E-state index is -0.0955. The van der Waals surface area contributed by atoms with Gasteiger partial charge < -0.3 is 40.5 Å². The van der Waals surface area contributed by atoms with Crippen LogP contribution in [0, 0.1) is 22.9 Å². The summed E-state index contributed by atoms with van der Waals surface area (Å²) in [5.41, 5.74) is 7.85. The van der Waals surface area contributed by atoms with Crippen LogP contribution in [0.25, 0.3) is 0 Å². The highest BCUT2D eigenvalue weighted by Crippen LogP contribution is 2.37. The summed E-state index contributed by atoms with van der Waals surface area (Å²) in [6, 6.07) is 12.7. The first-order valence-electron chi connectivity index (χ1n) is 16.0. The maximum absolute atomic E-state index is 12.7. The lowest BCUT2D eigenvalue weighted by Crippen LogP contribution is -2.49. The summed E-state index contributed by atoms with van der Waals surface area (Å²) in [7, 11) is 0. The number of nitrogens with one attached hydrogen (secondary N) is 2. The number of hydrogen-bond donors (Lipinski definition) is 3. The summed E-state index contributed by atoms with van der Waals surface area (Å²) in [5, 5.41) is 25.7. The fourth-order valence-corrected chi connectivity index (χ4v) is 7.95. The van der Waals surface area contributed by atoms with Crippen molar-refractivity contribution in [2.75, 3.05) is 26.3 Å². The number of nitrogens with two attached hydrogens (primary N) is 1. The molecular formula is C33H40Cl2N8O3. The van der Waals surface area contributed by atoms with Crippen LogP contribution in [0.1, 0.15) is 49.7 Å². The van der Waals surface area contributed by atoms with Gasteiger partial charge in [-0.15, -0.1) is 0 Å². The van der Waals surface area contributed by atoms with Gasteiger partial charge in [0.05, 0.1) is 31.2 Å². The zero-order valence-electron chi connectivity index (χ0n) is 25.7. The van der Waals surface area contributed by atoms with Gasteiger partial charge in [0.2, 0.25) is 0 Å².